The number of carboxylic acid groups (broad SMARTS) is 1. The molecule has 21 heavy (non-hydrogen) atoms. The van der Waals surface area contributed by atoms with Gasteiger partial charge in [0.2, 0.25) is 0 Å². The van der Waals surface area contributed by atoms with Gasteiger partial charge in [-0.3, -0.25) is 0 Å². The predicted octanol–water partition coefficient (Wildman–Crippen LogP) is 3.48. The van der Waals surface area contributed by atoms with Crippen molar-refractivity contribution in [1.82, 2.24) is 4.98 Å². The van der Waals surface area contributed by atoms with Crippen LogP contribution in [0.2, 0.25) is 0 Å². The lowest BCUT2D eigenvalue weighted by molar-refractivity contribution is -0.131. The second-order valence-electron chi connectivity index (χ2n) is 4.63. The quantitative estimate of drug-likeness (QED) is 0.830. The van der Waals surface area contributed by atoms with Crippen molar-refractivity contribution in [1.29, 1.82) is 0 Å². The molecule has 5 heteroatoms. The molecule has 0 saturated heterocycles. The SMILES string of the molecule is Cc1cccc(OCCc2nc(/C=C/C(=O)O)cs2)c1C. The Bertz CT molecular complexity index is 661. The summed E-state index contributed by atoms with van der Waals surface area (Å²) in [6.45, 7) is 4.66. The number of thiazole rings is 1. The van der Waals surface area contributed by atoms with Gasteiger partial charge in [-0.05, 0) is 37.1 Å². The molecule has 110 valence electrons. The Morgan fingerprint density at radius 2 is 2.24 bits per heavy atom. The minimum Gasteiger partial charge on any atom is -0.493 e. The second-order valence-corrected chi connectivity index (χ2v) is 5.58. The van der Waals surface area contributed by atoms with Crippen molar-refractivity contribution in [2.75, 3.05) is 6.61 Å². The average Bonchev–Trinajstić information content (AvgIpc) is 2.89. The molecule has 0 saturated carbocycles. The van der Waals surface area contributed by atoms with Gasteiger partial charge in [-0.15, -0.1) is 11.3 Å². The Hall–Kier alpha value is -2.14. The Kier molecular flexibility index (Phi) is 5.11. The predicted molar refractivity (Wildman–Crippen MR) is 83.9 cm³/mol. The van der Waals surface area contributed by atoms with Crippen LogP contribution in [0, 0.1) is 13.8 Å². The lowest BCUT2D eigenvalue weighted by Crippen LogP contribution is -2.02. The largest absolute Gasteiger partial charge is 0.493 e. The van der Waals surface area contributed by atoms with Crippen LogP contribution in [0.25, 0.3) is 6.08 Å². The monoisotopic (exact) mass is 303 g/mol. The first-order chi connectivity index (χ1) is 10.1. The van der Waals surface area contributed by atoms with Gasteiger partial charge in [0.05, 0.1) is 17.3 Å². The molecule has 1 aromatic heterocycles. The topological polar surface area (TPSA) is 59.4 Å². The van der Waals surface area contributed by atoms with Crippen LogP contribution in [-0.4, -0.2) is 22.7 Å². The van der Waals surface area contributed by atoms with Crippen molar-refractivity contribution in [3.63, 3.8) is 0 Å². The summed E-state index contributed by atoms with van der Waals surface area (Å²) >= 11 is 1.51. The molecule has 0 amide bonds. The van der Waals surface area contributed by atoms with Crippen LogP contribution in [0.3, 0.4) is 0 Å². The van der Waals surface area contributed by atoms with E-state index in [9.17, 15) is 4.79 Å². The number of hydrogen-bond acceptors (Lipinski definition) is 4. The number of benzene rings is 1. The van der Waals surface area contributed by atoms with Gasteiger partial charge in [0.25, 0.3) is 0 Å². The van der Waals surface area contributed by atoms with Crippen LogP contribution in [0.5, 0.6) is 5.75 Å². The maximum atomic E-state index is 10.4. The number of carbonyl (C=O) groups is 1. The molecule has 0 unspecified atom stereocenters. The van der Waals surface area contributed by atoms with Crippen molar-refractivity contribution in [2.45, 2.75) is 20.3 Å². The molecule has 4 nitrogen and oxygen atoms in total. The molecule has 0 spiro atoms. The Morgan fingerprint density at radius 1 is 1.43 bits per heavy atom. The fourth-order valence-electron chi connectivity index (χ4n) is 1.80. The average molecular weight is 303 g/mol. The van der Waals surface area contributed by atoms with Gasteiger partial charge in [0, 0.05) is 17.9 Å². The Labute approximate surface area is 127 Å². The summed E-state index contributed by atoms with van der Waals surface area (Å²) in [5, 5.41) is 11.3. The molecule has 1 heterocycles. The number of carboxylic acids is 1. The van der Waals surface area contributed by atoms with E-state index in [1.165, 1.54) is 23.0 Å². The number of hydrogen-bond donors (Lipinski definition) is 1. The third-order valence-electron chi connectivity index (χ3n) is 3.09. The highest BCUT2D eigenvalue weighted by molar-refractivity contribution is 7.09. The molecule has 0 atom stereocenters. The van der Waals surface area contributed by atoms with Crippen LogP contribution in [0.15, 0.2) is 29.7 Å². The molecule has 1 aromatic carbocycles. The van der Waals surface area contributed by atoms with Gasteiger partial charge in [0.1, 0.15) is 5.75 Å². The molecule has 0 aliphatic rings. The molecule has 0 aliphatic carbocycles. The van der Waals surface area contributed by atoms with Crippen molar-refractivity contribution in [3.05, 3.63) is 51.5 Å². The van der Waals surface area contributed by atoms with Gasteiger partial charge in [0.15, 0.2) is 0 Å². The molecule has 0 radical (unpaired) electrons. The third-order valence-corrected chi connectivity index (χ3v) is 4.02. The summed E-state index contributed by atoms with van der Waals surface area (Å²) in [7, 11) is 0. The van der Waals surface area contributed by atoms with Gasteiger partial charge in [-0.1, -0.05) is 12.1 Å². The van der Waals surface area contributed by atoms with E-state index in [1.54, 1.807) is 0 Å². The lowest BCUT2D eigenvalue weighted by Gasteiger charge is -2.09. The van der Waals surface area contributed by atoms with Gasteiger partial charge < -0.3 is 9.84 Å². The van der Waals surface area contributed by atoms with Gasteiger partial charge in [-0.25, -0.2) is 9.78 Å². The van der Waals surface area contributed by atoms with Gasteiger partial charge in [-0.2, -0.15) is 0 Å². The number of aromatic nitrogens is 1. The number of aryl methyl sites for hydroxylation is 1. The van der Waals surface area contributed by atoms with Crippen LogP contribution < -0.4 is 4.74 Å². The Balaban J connectivity index is 1.89. The number of ether oxygens (including phenoxy) is 1. The van der Waals surface area contributed by atoms with Gasteiger partial charge >= 0.3 is 5.97 Å². The fraction of sp³-hybridized carbons (Fsp3) is 0.250. The van der Waals surface area contributed by atoms with Crippen LogP contribution in [-0.2, 0) is 11.2 Å². The van der Waals surface area contributed by atoms with Crippen molar-refractivity contribution in [3.8, 4) is 5.75 Å². The van der Waals surface area contributed by atoms with Crippen LogP contribution in [0.1, 0.15) is 21.8 Å². The number of rotatable bonds is 6. The zero-order chi connectivity index (χ0) is 15.2. The summed E-state index contributed by atoms with van der Waals surface area (Å²) in [5.74, 6) is -0.0691. The number of aliphatic carboxylic acids is 1. The van der Waals surface area contributed by atoms with Crippen molar-refractivity contribution < 1.29 is 14.6 Å². The van der Waals surface area contributed by atoms with E-state index in [2.05, 4.69) is 18.0 Å². The van der Waals surface area contributed by atoms with E-state index in [4.69, 9.17) is 9.84 Å². The third kappa shape index (κ3) is 4.43. The standard InChI is InChI=1S/C16H17NO3S/c1-11-4-3-5-14(12(11)2)20-9-8-15-17-13(10-21-15)6-7-16(18)19/h3-7,10H,8-9H2,1-2H3,(H,18,19)/b7-6+. The van der Waals surface area contributed by atoms with E-state index in [-0.39, 0.29) is 0 Å². The van der Waals surface area contributed by atoms with E-state index in [0.717, 1.165) is 22.4 Å². The van der Waals surface area contributed by atoms with Crippen LogP contribution in [0.4, 0.5) is 0 Å². The number of nitrogens with zero attached hydrogens (tertiary/aromatic N) is 1. The first-order valence-corrected chi connectivity index (χ1v) is 7.48. The zero-order valence-corrected chi connectivity index (χ0v) is 12.8. The normalized spacial score (nSPS) is 11.0. The highest BCUT2D eigenvalue weighted by Crippen LogP contribution is 2.21. The maximum absolute atomic E-state index is 10.4. The highest BCUT2D eigenvalue weighted by Gasteiger charge is 2.04. The van der Waals surface area contributed by atoms with Crippen molar-refractivity contribution >= 4 is 23.4 Å². The molecule has 0 bridgehead atoms. The molecule has 2 rings (SSSR count). The van der Waals surface area contributed by atoms with Crippen LogP contribution >= 0.6 is 11.3 Å². The second kappa shape index (κ2) is 7.04. The fourth-order valence-corrected chi connectivity index (χ4v) is 2.55. The van der Waals surface area contributed by atoms with E-state index in [0.29, 0.717) is 18.7 Å². The highest BCUT2D eigenvalue weighted by atomic mass is 32.1. The summed E-state index contributed by atoms with van der Waals surface area (Å²) in [4.78, 5) is 14.8. The molecule has 0 aliphatic heterocycles. The molecule has 1 N–H and O–H groups in total. The summed E-state index contributed by atoms with van der Waals surface area (Å²) < 4.78 is 5.78. The molecule has 0 fully saturated rings. The summed E-state index contributed by atoms with van der Waals surface area (Å²) in [6.07, 6.45) is 3.29. The first kappa shape index (κ1) is 15.3. The smallest absolute Gasteiger partial charge is 0.328 e. The van der Waals surface area contributed by atoms with Crippen molar-refractivity contribution in [2.24, 2.45) is 0 Å². The lowest BCUT2D eigenvalue weighted by atomic mass is 10.1. The molecular weight excluding hydrogens is 286 g/mol. The molecule has 2 aromatic rings. The summed E-state index contributed by atoms with van der Waals surface area (Å²) in [6, 6.07) is 6.01. The zero-order valence-electron chi connectivity index (χ0n) is 12.0. The Morgan fingerprint density at radius 3 is 3.00 bits per heavy atom. The van der Waals surface area contributed by atoms with E-state index < -0.39 is 5.97 Å². The summed E-state index contributed by atoms with van der Waals surface area (Å²) in [5.41, 5.74) is 3.04. The minimum absolute atomic E-state index is 0.555. The molecular formula is C16H17NO3S. The first-order valence-electron chi connectivity index (χ1n) is 6.60. The van der Waals surface area contributed by atoms with E-state index >= 15 is 0 Å². The minimum atomic E-state index is -0.970. The van der Waals surface area contributed by atoms with E-state index in [1.807, 2.05) is 24.4 Å². The maximum Gasteiger partial charge on any atom is 0.328 e.